The quantitative estimate of drug-likeness (QED) is 0.889. The van der Waals surface area contributed by atoms with Crippen LogP contribution in [-0.2, 0) is 16.1 Å². The fourth-order valence-corrected chi connectivity index (χ4v) is 2.57. The first-order valence-electron chi connectivity index (χ1n) is 6.82. The molecule has 1 amide bonds. The van der Waals surface area contributed by atoms with E-state index < -0.39 is 5.97 Å². The van der Waals surface area contributed by atoms with Gasteiger partial charge in [-0.1, -0.05) is 18.2 Å². The molecule has 2 N–H and O–H groups in total. The van der Waals surface area contributed by atoms with Crippen molar-refractivity contribution in [2.45, 2.75) is 32.2 Å². The number of benzene rings is 1. The Hall–Kier alpha value is -1.91. The van der Waals surface area contributed by atoms with Gasteiger partial charge in [0.05, 0.1) is 5.92 Å². The summed E-state index contributed by atoms with van der Waals surface area (Å²) in [7, 11) is 0. The van der Waals surface area contributed by atoms with Crippen LogP contribution in [0.15, 0.2) is 24.3 Å². The minimum atomic E-state index is -0.782. The molecular formula is C15H18FNO3. The van der Waals surface area contributed by atoms with Crippen LogP contribution in [-0.4, -0.2) is 17.0 Å². The fraction of sp³-hybridized carbons (Fsp3) is 0.467. The van der Waals surface area contributed by atoms with Crippen LogP contribution in [0.3, 0.4) is 0 Å². The Kier molecular flexibility index (Phi) is 4.71. The van der Waals surface area contributed by atoms with Gasteiger partial charge in [-0.15, -0.1) is 0 Å². The first kappa shape index (κ1) is 14.5. The molecule has 0 atom stereocenters. The van der Waals surface area contributed by atoms with Crippen molar-refractivity contribution < 1.29 is 19.1 Å². The van der Waals surface area contributed by atoms with E-state index in [1.807, 2.05) is 0 Å². The van der Waals surface area contributed by atoms with Crippen LogP contribution in [0.5, 0.6) is 0 Å². The fourth-order valence-electron chi connectivity index (χ4n) is 2.57. The number of hydrogen-bond acceptors (Lipinski definition) is 2. The van der Waals surface area contributed by atoms with Crippen LogP contribution in [0.2, 0.25) is 0 Å². The second-order valence-corrected chi connectivity index (χ2v) is 5.20. The summed E-state index contributed by atoms with van der Waals surface area (Å²) in [5.74, 6) is -1.71. The molecular weight excluding hydrogens is 261 g/mol. The molecule has 5 heteroatoms. The first-order chi connectivity index (χ1) is 9.58. The summed E-state index contributed by atoms with van der Waals surface area (Å²) in [6.45, 7) is 0.171. The highest BCUT2D eigenvalue weighted by molar-refractivity contribution is 5.79. The van der Waals surface area contributed by atoms with E-state index in [1.54, 1.807) is 18.2 Å². The smallest absolute Gasteiger partial charge is 0.306 e. The van der Waals surface area contributed by atoms with Crippen LogP contribution >= 0.6 is 0 Å². The van der Waals surface area contributed by atoms with Gasteiger partial charge in [0.2, 0.25) is 5.91 Å². The average Bonchev–Trinajstić information content (AvgIpc) is 2.46. The lowest BCUT2D eigenvalue weighted by molar-refractivity contribution is -0.144. The topological polar surface area (TPSA) is 66.4 Å². The van der Waals surface area contributed by atoms with Gasteiger partial charge in [-0.05, 0) is 31.7 Å². The number of carboxylic acid groups (broad SMARTS) is 1. The Labute approximate surface area is 117 Å². The van der Waals surface area contributed by atoms with Crippen LogP contribution in [0.1, 0.15) is 31.2 Å². The van der Waals surface area contributed by atoms with Gasteiger partial charge < -0.3 is 10.4 Å². The SMILES string of the molecule is O=C(O)C1CCC(C(=O)NCc2ccccc2F)CC1. The zero-order chi connectivity index (χ0) is 14.5. The Morgan fingerprint density at radius 3 is 2.35 bits per heavy atom. The molecule has 0 saturated heterocycles. The summed E-state index contributed by atoms with van der Waals surface area (Å²) < 4.78 is 13.4. The molecule has 0 spiro atoms. The minimum Gasteiger partial charge on any atom is -0.481 e. The third-order valence-electron chi connectivity index (χ3n) is 3.86. The number of amides is 1. The molecule has 0 heterocycles. The molecule has 2 rings (SSSR count). The Morgan fingerprint density at radius 2 is 1.75 bits per heavy atom. The van der Waals surface area contributed by atoms with E-state index in [1.165, 1.54) is 6.07 Å². The molecule has 0 aliphatic heterocycles. The molecule has 108 valence electrons. The molecule has 1 saturated carbocycles. The molecule has 1 aromatic rings. The van der Waals surface area contributed by atoms with E-state index in [-0.39, 0.29) is 30.1 Å². The van der Waals surface area contributed by atoms with Crippen molar-refractivity contribution in [2.75, 3.05) is 0 Å². The molecule has 0 bridgehead atoms. The number of carboxylic acids is 1. The summed E-state index contributed by atoms with van der Waals surface area (Å²) in [5, 5.41) is 11.6. The average molecular weight is 279 g/mol. The number of hydrogen-bond donors (Lipinski definition) is 2. The second-order valence-electron chi connectivity index (χ2n) is 5.20. The lowest BCUT2D eigenvalue weighted by Crippen LogP contribution is -2.34. The minimum absolute atomic E-state index is 0.114. The van der Waals surface area contributed by atoms with E-state index in [2.05, 4.69) is 5.32 Å². The second kappa shape index (κ2) is 6.50. The largest absolute Gasteiger partial charge is 0.481 e. The molecule has 1 aliphatic carbocycles. The zero-order valence-electron chi connectivity index (χ0n) is 11.1. The summed E-state index contributed by atoms with van der Waals surface area (Å²) in [6, 6.07) is 6.33. The monoisotopic (exact) mass is 279 g/mol. The molecule has 1 aliphatic rings. The van der Waals surface area contributed by atoms with Gasteiger partial charge in [0.25, 0.3) is 0 Å². The maximum absolute atomic E-state index is 13.4. The first-order valence-corrected chi connectivity index (χ1v) is 6.82. The van der Waals surface area contributed by atoms with Gasteiger partial charge in [0.15, 0.2) is 0 Å². The maximum atomic E-state index is 13.4. The van der Waals surface area contributed by atoms with Gasteiger partial charge in [0.1, 0.15) is 5.82 Å². The summed E-state index contributed by atoms with van der Waals surface area (Å²) in [6.07, 6.45) is 2.24. The van der Waals surface area contributed by atoms with Gasteiger partial charge in [-0.2, -0.15) is 0 Å². The third kappa shape index (κ3) is 3.56. The van der Waals surface area contributed by atoms with Crippen LogP contribution < -0.4 is 5.32 Å². The molecule has 0 unspecified atom stereocenters. The van der Waals surface area contributed by atoms with Gasteiger partial charge >= 0.3 is 5.97 Å². The van der Waals surface area contributed by atoms with E-state index >= 15 is 0 Å². The van der Waals surface area contributed by atoms with Crippen LogP contribution in [0.25, 0.3) is 0 Å². The van der Waals surface area contributed by atoms with Crippen LogP contribution in [0, 0.1) is 17.7 Å². The lowest BCUT2D eigenvalue weighted by Gasteiger charge is -2.25. The highest BCUT2D eigenvalue weighted by atomic mass is 19.1. The van der Waals surface area contributed by atoms with Gasteiger partial charge in [-0.25, -0.2) is 4.39 Å². The van der Waals surface area contributed by atoms with Crippen molar-refractivity contribution in [3.05, 3.63) is 35.6 Å². The van der Waals surface area contributed by atoms with Crippen molar-refractivity contribution in [1.29, 1.82) is 0 Å². The highest BCUT2D eigenvalue weighted by Gasteiger charge is 2.29. The highest BCUT2D eigenvalue weighted by Crippen LogP contribution is 2.29. The number of halogens is 1. The van der Waals surface area contributed by atoms with Gasteiger partial charge in [0, 0.05) is 18.0 Å². The normalized spacial score (nSPS) is 22.2. The van der Waals surface area contributed by atoms with Crippen molar-refractivity contribution >= 4 is 11.9 Å². The van der Waals surface area contributed by atoms with Crippen molar-refractivity contribution in [3.8, 4) is 0 Å². The predicted molar refractivity (Wildman–Crippen MR) is 71.3 cm³/mol. The van der Waals surface area contributed by atoms with E-state index in [0.29, 0.717) is 31.2 Å². The Balaban J connectivity index is 1.82. The standard InChI is InChI=1S/C15H18FNO3/c16-13-4-2-1-3-12(13)9-17-14(18)10-5-7-11(8-6-10)15(19)20/h1-4,10-11H,5-9H2,(H,17,18)(H,19,20). The van der Waals surface area contributed by atoms with E-state index in [0.717, 1.165) is 0 Å². The van der Waals surface area contributed by atoms with Crippen molar-refractivity contribution in [3.63, 3.8) is 0 Å². The zero-order valence-corrected chi connectivity index (χ0v) is 11.1. The molecule has 4 nitrogen and oxygen atoms in total. The number of nitrogens with one attached hydrogen (secondary N) is 1. The van der Waals surface area contributed by atoms with Crippen LogP contribution in [0.4, 0.5) is 4.39 Å². The summed E-state index contributed by atoms with van der Waals surface area (Å²) >= 11 is 0. The molecule has 0 aromatic heterocycles. The number of carbonyl (C=O) groups is 2. The van der Waals surface area contributed by atoms with E-state index in [9.17, 15) is 14.0 Å². The molecule has 0 radical (unpaired) electrons. The Morgan fingerprint density at radius 1 is 1.15 bits per heavy atom. The molecule has 1 aromatic carbocycles. The predicted octanol–water partition coefficient (Wildman–Crippen LogP) is 2.33. The third-order valence-corrected chi connectivity index (χ3v) is 3.86. The van der Waals surface area contributed by atoms with E-state index in [4.69, 9.17) is 5.11 Å². The molecule has 1 fully saturated rings. The molecule has 20 heavy (non-hydrogen) atoms. The van der Waals surface area contributed by atoms with Crippen molar-refractivity contribution in [2.24, 2.45) is 11.8 Å². The number of aliphatic carboxylic acids is 1. The number of carbonyl (C=O) groups excluding carboxylic acids is 1. The Bertz CT molecular complexity index is 496. The van der Waals surface area contributed by atoms with Gasteiger partial charge in [-0.3, -0.25) is 9.59 Å². The maximum Gasteiger partial charge on any atom is 0.306 e. The summed E-state index contributed by atoms with van der Waals surface area (Å²) in [5.41, 5.74) is 0.458. The lowest BCUT2D eigenvalue weighted by atomic mass is 9.81. The van der Waals surface area contributed by atoms with Crippen molar-refractivity contribution in [1.82, 2.24) is 5.32 Å². The summed E-state index contributed by atoms with van der Waals surface area (Å²) in [4.78, 5) is 22.8. The number of rotatable bonds is 4.